The molecule has 4 aliphatic rings. The van der Waals surface area contributed by atoms with Gasteiger partial charge in [0.25, 0.3) is 29.5 Å². The highest BCUT2D eigenvalue weighted by Crippen LogP contribution is 2.35. The number of likely N-dealkylation sites (tertiary alicyclic amines) is 1. The predicted molar refractivity (Wildman–Crippen MR) is 424 cm³/mol. The van der Waals surface area contributed by atoms with Gasteiger partial charge in [0.05, 0.1) is 106 Å². The van der Waals surface area contributed by atoms with Crippen LogP contribution in [0.3, 0.4) is 0 Å². The van der Waals surface area contributed by atoms with Gasteiger partial charge in [0.15, 0.2) is 11.4 Å². The second-order valence-electron chi connectivity index (χ2n) is 26.6. The Hall–Kier alpha value is -9.46. The maximum atomic E-state index is 15.3. The van der Waals surface area contributed by atoms with Crippen molar-refractivity contribution in [3.05, 3.63) is 164 Å². The summed E-state index contributed by atoms with van der Waals surface area (Å²) in [4.78, 5) is 135. The lowest BCUT2D eigenvalue weighted by Gasteiger charge is -2.33. The molecule has 0 radical (unpaired) electrons. The number of carbonyl (C=O) groups excluding carboxylic acids is 10. The maximum Gasteiger partial charge on any atom is 0.315 e. The highest BCUT2D eigenvalue weighted by molar-refractivity contribution is 8.00. The number of nitrogens with one attached hydrogen (secondary N) is 11. The van der Waals surface area contributed by atoms with Gasteiger partial charge in [0.2, 0.25) is 33.7 Å². The zero-order valence-corrected chi connectivity index (χ0v) is 65.7. The van der Waals surface area contributed by atoms with Crippen molar-refractivity contribution < 1.29 is 70.6 Å². The number of fused-ring (bicyclic) bond motifs is 1. The molecule has 11 amide bonds. The fourth-order valence-electron chi connectivity index (χ4n) is 12.8. The SMILES string of the molecule is C=CC(=O)Nc1ccc(C(=O)N2CCC[C@@H](NC(=O)c3nn(-c4ccc(NC(=O)/C=C/CN(C)CCC(=O)NCCOCCOCCOCCNC(=O)CCCC[C@@H]5SC[C@@H]6NC(=O)N[C@@H]65)cc4S(=O)(=O)N4CCC(NC(=O)c5n[nH]cc5NC(=O)c5c(Cl)cccc5Cl)CC4)cc3NC(=O)c3c(Cl)cccc3Cl)C2)cc1. The Morgan fingerprint density at radius 3 is 1.93 bits per heavy atom. The molecule has 112 heavy (non-hydrogen) atoms. The van der Waals surface area contributed by atoms with Crippen LogP contribution in [0.2, 0.25) is 20.1 Å². The number of carbonyl (C=O) groups is 10. The summed E-state index contributed by atoms with van der Waals surface area (Å²) in [5, 5.41) is 39.8. The fraction of sp³-hybridized carbons (Fsp3) is 0.405. The van der Waals surface area contributed by atoms with Gasteiger partial charge in [-0.05, 0) is 118 Å². The van der Waals surface area contributed by atoms with E-state index < -0.39 is 62.4 Å². The van der Waals surface area contributed by atoms with Gasteiger partial charge >= 0.3 is 6.03 Å². The number of ether oxygens (including phenoxy) is 3. The fourth-order valence-corrected chi connectivity index (χ4v) is 17.1. The number of rotatable bonds is 38. The van der Waals surface area contributed by atoms with E-state index >= 15 is 8.42 Å². The third-order valence-corrected chi connectivity index (χ3v) is 23.2. The van der Waals surface area contributed by atoms with Crippen LogP contribution in [0.15, 0.2) is 121 Å². The van der Waals surface area contributed by atoms with E-state index in [1.54, 1.807) is 48.4 Å². The van der Waals surface area contributed by atoms with E-state index in [0.717, 1.165) is 35.8 Å². The summed E-state index contributed by atoms with van der Waals surface area (Å²) >= 11 is 27.4. The summed E-state index contributed by atoms with van der Waals surface area (Å²) in [5.74, 6) is -3.79. The van der Waals surface area contributed by atoms with Crippen molar-refractivity contribution in [2.24, 2.45) is 0 Å². The number of unbranched alkanes of at least 4 members (excludes halogenated alkanes) is 1. The summed E-state index contributed by atoms with van der Waals surface area (Å²) in [6, 6.07) is 18.2. The first-order valence-electron chi connectivity index (χ1n) is 36.3. The quantitative estimate of drug-likeness (QED) is 0.0103. The molecular formula is C74H87Cl4N17O15S2. The Balaban J connectivity index is 0.738. The number of halogens is 4. The summed E-state index contributed by atoms with van der Waals surface area (Å²) in [5.41, 5.74) is -0.248. The van der Waals surface area contributed by atoms with Gasteiger partial charge in [0, 0.05) is 117 Å². The molecule has 11 N–H and O–H groups in total. The Morgan fingerprint density at radius 1 is 0.679 bits per heavy atom. The van der Waals surface area contributed by atoms with Gasteiger partial charge in [-0.3, -0.25) is 48.2 Å². The molecule has 6 aromatic rings. The van der Waals surface area contributed by atoms with Gasteiger partial charge < -0.3 is 77.2 Å². The molecule has 4 atom stereocenters. The third kappa shape index (κ3) is 23.8. The smallest absolute Gasteiger partial charge is 0.315 e. The largest absolute Gasteiger partial charge is 0.377 e. The molecule has 0 saturated carbocycles. The number of benzene rings is 4. The van der Waals surface area contributed by atoms with Crippen LogP contribution in [0.5, 0.6) is 0 Å². The molecule has 598 valence electrons. The van der Waals surface area contributed by atoms with Gasteiger partial charge in [-0.15, -0.1) is 0 Å². The number of anilines is 4. The topological polar surface area (TPSA) is 409 Å². The number of urea groups is 1. The van der Waals surface area contributed by atoms with Crippen LogP contribution in [0.1, 0.15) is 110 Å². The number of H-pyrrole nitrogens is 1. The minimum absolute atomic E-state index is 0.0186. The average molecular weight is 1660 g/mol. The van der Waals surface area contributed by atoms with E-state index in [4.69, 9.17) is 60.6 Å². The number of hydrogen-bond acceptors (Lipinski definition) is 19. The third-order valence-electron chi connectivity index (χ3n) is 18.5. The maximum absolute atomic E-state index is 15.3. The van der Waals surface area contributed by atoms with Crippen molar-refractivity contribution in [1.29, 1.82) is 0 Å². The lowest BCUT2D eigenvalue weighted by molar-refractivity contribution is -0.122. The van der Waals surface area contributed by atoms with E-state index in [1.807, 2.05) is 16.7 Å². The molecule has 32 nitrogen and oxygen atoms in total. The predicted octanol–water partition coefficient (Wildman–Crippen LogP) is 7.28. The van der Waals surface area contributed by atoms with Crippen LogP contribution >= 0.6 is 58.2 Å². The second kappa shape index (κ2) is 41.4. The molecule has 0 bridgehead atoms. The molecule has 6 heterocycles. The second-order valence-corrected chi connectivity index (χ2v) is 31.4. The number of amides is 11. The number of nitrogens with zero attached hydrogens (tertiary/aromatic N) is 6. The van der Waals surface area contributed by atoms with Gasteiger partial charge in [-0.25, -0.2) is 17.9 Å². The Morgan fingerprint density at radius 2 is 1.28 bits per heavy atom. The van der Waals surface area contributed by atoms with Gasteiger partial charge in [-0.1, -0.05) is 77.6 Å². The Labute approximate surface area is 670 Å². The molecule has 0 spiro atoms. The molecule has 2 aromatic heterocycles. The van der Waals surface area contributed by atoms with Crippen molar-refractivity contribution in [1.82, 2.24) is 66.0 Å². The molecule has 0 aliphatic carbocycles. The number of sulfonamides is 1. The minimum atomic E-state index is -4.63. The van der Waals surface area contributed by atoms with Crippen LogP contribution < -0.4 is 53.2 Å². The number of likely N-dealkylation sites (N-methyl/N-ethyl adjacent to an activating group) is 1. The summed E-state index contributed by atoms with van der Waals surface area (Å²) < 4.78 is 49.6. The highest BCUT2D eigenvalue weighted by atomic mass is 35.5. The number of piperidine rings is 2. The van der Waals surface area contributed by atoms with Crippen LogP contribution in [0, 0.1) is 0 Å². The van der Waals surface area contributed by atoms with E-state index in [-0.39, 0.29) is 160 Å². The van der Waals surface area contributed by atoms with Crippen molar-refractivity contribution >= 4 is 150 Å². The molecule has 0 unspecified atom stereocenters. The van der Waals surface area contributed by atoms with Crippen molar-refractivity contribution in [2.45, 2.75) is 92.1 Å². The first-order chi connectivity index (χ1) is 53.9. The van der Waals surface area contributed by atoms with Crippen molar-refractivity contribution in [3.63, 3.8) is 0 Å². The van der Waals surface area contributed by atoms with Crippen molar-refractivity contribution in [3.8, 4) is 5.69 Å². The highest BCUT2D eigenvalue weighted by Gasteiger charge is 2.43. The zero-order valence-electron chi connectivity index (χ0n) is 61.1. The van der Waals surface area contributed by atoms with Gasteiger partial charge in [0.1, 0.15) is 4.90 Å². The zero-order chi connectivity index (χ0) is 79.8. The molecule has 4 saturated heterocycles. The lowest BCUT2D eigenvalue weighted by atomic mass is 10.0. The van der Waals surface area contributed by atoms with Crippen LogP contribution in [0.25, 0.3) is 5.69 Å². The average Bonchev–Trinajstić information content (AvgIpc) is 1.44. The van der Waals surface area contributed by atoms with E-state index in [0.29, 0.717) is 88.4 Å². The molecule has 4 fully saturated rings. The summed E-state index contributed by atoms with van der Waals surface area (Å²) in [7, 11) is -2.87. The standard InChI is InChI=1S/C74H87Cl4N17O15S2/c1-3-60(96)82-46-20-18-45(19-21-46)73(104)93-30-8-10-49(42-93)85-72(103)68-55(87-70(101)65-52(77)13-7-14-53(65)78)43-95(91-68)57-23-22-48(40-59(57)112(106,107)94-32-24-47(25-33-94)84-71(102)67-54(41-81-90-67)86-69(100)64-50(75)11-6-12-51(64)76)83-63(99)17-9-29-92(2)31-26-62(98)80-28-35-109-37-39-110-38-36-108-34-27-79-61(97)16-5-4-15-58-66-56(44-111-58)88-74(105)89-66/h3,6-7,9,11-14,17-23,40-41,43,47,49,56,58,66H,1,4-5,8,10,15-16,24-39,42,44H2,2H3,(H,79,97)(H,80,98)(H,81,90)(H,82,96)(H,83,99)(H,84,102)(H,85,103)(H,86,100)(H,87,101)(H2,88,89,105)/b17-9+/t49-,56+,58+,66+/m1/s1. The number of aromatic amines is 1. The summed E-state index contributed by atoms with van der Waals surface area (Å²) in [6.45, 7) is 6.74. The van der Waals surface area contributed by atoms with E-state index in [1.165, 1.54) is 71.3 Å². The minimum Gasteiger partial charge on any atom is -0.377 e. The van der Waals surface area contributed by atoms with E-state index in [9.17, 15) is 47.9 Å². The Kier molecular flexibility index (Phi) is 31.4. The Bertz CT molecular complexity index is 4520. The van der Waals surface area contributed by atoms with Crippen LogP contribution in [-0.4, -0.2) is 236 Å². The molecule has 4 aromatic carbocycles. The monoisotopic (exact) mass is 1660 g/mol. The van der Waals surface area contributed by atoms with Crippen molar-refractivity contribution in [2.75, 3.05) is 126 Å². The van der Waals surface area contributed by atoms with Crippen LogP contribution in [-0.2, 0) is 43.4 Å². The summed E-state index contributed by atoms with van der Waals surface area (Å²) in [6.07, 6.45) is 10.8. The normalized spacial score (nSPS) is 17.1. The molecular weight excluding hydrogens is 1570 g/mol. The van der Waals surface area contributed by atoms with Gasteiger partial charge in [-0.2, -0.15) is 26.3 Å². The number of hydrogen-bond donors (Lipinski definition) is 11. The molecule has 4 aliphatic heterocycles. The molecule has 10 rings (SSSR count). The van der Waals surface area contributed by atoms with E-state index in [2.05, 4.69) is 75.0 Å². The first kappa shape index (κ1) is 85.0. The number of thioether (sulfide) groups is 1. The first-order valence-corrected chi connectivity index (χ1v) is 40.3. The van der Waals surface area contributed by atoms with Crippen LogP contribution in [0.4, 0.5) is 27.5 Å². The molecule has 38 heteroatoms. The lowest BCUT2D eigenvalue weighted by Crippen LogP contribution is -2.49. The number of aromatic nitrogens is 4.